The second-order valence-corrected chi connectivity index (χ2v) is 7.20. The van der Waals surface area contributed by atoms with Crippen LogP contribution in [0.2, 0.25) is 0 Å². The molecule has 0 atom stereocenters. The molecule has 0 saturated carbocycles. The Morgan fingerprint density at radius 1 is 1.17 bits per heavy atom. The first-order chi connectivity index (χ1) is 11.0. The Balaban J connectivity index is 1.79. The Morgan fingerprint density at radius 3 is 2.61 bits per heavy atom. The van der Waals surface area contributed by atoms with Gasteiger partial charge in [-0.1, -0.05) is 0 Å². The zero-order valence-corrected chi connectivity index (χ0v) is 14.9. The smallest absolute Gasteiger partial charge is 0.255 e. The standard InChI is InChI=1S/C17H17N3OS2/c1-11-15(4-5-16(18-11)13-6-7-22-9-13)17(21)20(3)8-14-10-23-12(2)19-14/h4-7,9-10H,8H2,1-3H3. The highest BCUT2D eigenvalue weighted by Gasteiger charge is 2.17. The van der Waals surface area contributed by atoms with Crippen LogP contribution >= 0.6 is 22.7 Å². The summed E-state index contributed by atoms with van der Waals surface area (Å²) in [5.41, 5.74) is 4.30. The van der Waals surface area contributed by atoms with Crippen molar-refractivity contribution in [2.24, 2.45) is 0 Å². The number of hydrogen-bond donors (Lipinski definition) is 0. The monoisotopic (exact) mass is 343 g/mol. The number of thiophene rings is 1. The lowest BCUT2D eigenvalue weighted by molar-refractivity contribution is 0.0782. The summed E-state index contributed by atoms with van der Waals surface area (Å²) < 4.78 is 0. The van der Waals surface area contributed by atoms with Crippen LogP contribution in [0.3, 0.4) is 0 Å². The number of aryl methyl sites for hydroxylation is 2. The molecule has 0 saturated heterocycles. The second kappa shape index (κ2) is 6.60. The van der Waals surface area contributed by atoms with Crippen molar-refractivity contribution in [3.05, 3.63) is 56.3 Å². The predicted molar refractivity (Wildman–Crippen MR) is 94.9 cm³/mol. The van der Waals surface area contributed by atoms with Gasteiger partial charge in [-0.25, -0.2) is 4.98 Å². The van der Waals surface area contributed by atoms with E-state index in [2.05, 4.69) is 15.3 Å². The van der Waals surface area contributed by atoms with E-state index in [0.29, 0.717) is 12.1 Å². The summed E-state index contributed by atoms with van der Waals surface area (Å²) in [6.45, 7) is 4.35. The Hall–Kier alpha value is -2.05. The summed E-state index contributed by atoms with van der Waals surface area (Å²) in [5.74, 6) is -0.0301. The lowest BCUT2D eigenvalue weighted by Gasteiger charge is -2.17. The molecule has 0 fully saturated rings. The van der Waals surface area contributed by atoms with E-state index in [0.717, 1.165) is 27.7 Å². The number of rotatable bonds is 4. The van der Waals surface area contributed by atoms with E-state index in [4.69, 9.17) is 0 Å². The highest BCUT2D eigenvalue weighted by Crippen LogP contribution is 2.22. The third-order valence-electron chi connectivity index (χ3n) is 3.55. The van der Waals surface area contributed by atoms with Gasteiger partial charge < -0.3 is 4.90 Å². The number of pyridine rings is 1. The van der Waals surface area contributed by atoms with Crippen molar-refractivity contribution in [2.45, 2.75) is 20.4 Å². The second-order valence-electron chi connectivity index (χ2n) is 5.36. The average Bonchev–Trinajstić information content (AvgIpc) is 3.18. The molecule has 0 spiro atoms. The van der Waals surface area contributed by atoms with Crippen LogP contribution in [0.15, 0.2) is 34.3 Å². The number of hydrogen-bond acceptors (Lipinski definition) is 5. The van der Waals surface area contributed by atoms with Crippen molar-refractivity contribution in [1.29, 1.82) is 0 Å². The van der Waals surface area contributed by atoms with E-state index in [9.17, 15) is 4.79 Å². The summed E-state index contributed by atoms with van der Waals surface area (Å²) in [7, 11) is 1.79. The minimum absolute atomic E-state index is 0.0301. The molecule has 23 heavy (non-hydrogen) atoms. The van der Waals surface area contributed by atoms with Gasteiger partial charge in [0.1, 0.15) is 0 Å². The molecule has 4 nitrogen and oxygen atoms in total. The van der Waals surface area contributed by atoms with E-state index in [1.54, 1.807) is 34.6 Å². The van der Waals surface area contributed by atoms with Crippen molar-refractivity contribution < 1.29 is 4.79 Å². The number of carbonyl (C=O) groups excluding carboxylic acids is 1. The molecule has 6 heteroatoms. The van der Waals surface area contributed by atoms with Crippen LogP contribution < -0.4 is 0 Å². The van der Waals surface area contributed by atoms with Gasteiger partial charge in [-0.3, -0.25) is 9.78 Å². The van der Waals surface area contributed by atoms with Crippen molar-refractivity contribution in [3.8, 4) is 11.3 Å². The van der Waals surface area contributed by atoms with Gasteiger partial charge in [-0.05, 0) is 37.4 Å². The molecule has 0 aliphatic heterocycles. The van der Waals surface area contributed by atoms with Crippen LogP contribution in [0.4, 0.5) is 0 Å². The molecule has 0 unspecified atom stereocenters. The number of thiazole rings is 1. The number of carbonyl (C=O) groups is 1. The number of nitrogens with zero attached hydrogens (tertiary/aromatic N) is 3. The highest BCUT2D eigenvalue weighted by molar-refractivity contribution is 7.09. The molecule has 118 valence electrons. The normalized spacial score (nSPS) is 10.7. The molecule has 1 amide bonds. The van der Waals surface area contributed by atoms with Gasteiger partial charge in [0.15, 0.2) is 0 Å². The molecule has 3 rings (SSSR count). The molecule has 0 bridgehead atoms. The van der Waals surface area contributed by atoms with Crippen LogP contribution in [0, 0.1) is 13.8 Å². The van der Waals surface area contributed by atoms with Crippen LogP contribution in [-0.2, 0) is 6.54 Å². The van der Waals surface area contributed by atoms with Gasteiger partial charge in [0.25, 0.3) is 5.91 Å². The van der Waals surface area contributed by atoms with E-state index in [1.807, 2.05) is 42.8 Å². The van der Waals surface area contributed by atoms with Gasteiger partial charge in [-0.15, -0.1) is 11.3 Å². The van der Waals surface area contributed by atoms with E-state index in [1.165, 1.54) is 0 Å². The van der Waals surface area contributed by atoms with Crippen LogP contribution in [-0.4, -0.2) is 27.8 Å². The van der Waals surface area contributed by atoms with Crippen LogP contribution in [0.5, 0.6) is 0 Å². The first-order valence-electron chi connectivity index (χ1n) is 7.21. The van der Waals surface area contributed by atoms with Crippen LogP contribution in [0.25, 0.3) is 11.3 Å². The third-order valence-corrected chi connectivity index (χ3v) is 5.05. The molecular formula is C17H17N3OS2. The Labute approximate surface area is 143 Å². The molecule has 0 aliphatic carbocycles. The Kier molecular flexibility index (Phi) is 4.54. The summed E-state index contributed by atoms with van der Waals surface area (Å²) in [6.07, 6.45) is 0. The Bertz CT molecular complexity index is 824. The van der Waals surface area contributed by atoms with Crippen LogP contribution in [0.1, 0.15) is 26.8 Å². The Morgan fingerprint density at radius 2 is 2.00 bits per heavy atom. The van der Waals surface area contributed by atoms with Gasteiger partial charge >= 0.3 is 0 Å². The van der Waals surface area contributed by atoms with Gasteiger partial charge in [0, 0.05) is 23.4 Å². The molecule has 3 heterocycles. The highest BCUT2D eigenvalue weighted by atomic mass is 32.1. The molecular weight excluding hydrogens is 326 g/mol. The lowest BCUT2D eigenvalue weighted by Crippen LogP contribution is -2.27. The van der Waals surface area contributed by atoms with Gasteiger partial charge in [0.05, 0.1) is 34.2 Å². The summed E-state index contributed by atoms with van der Waals surface area (Å²) in [4.78, 5) is 23.3. The van der Waals surface area contributed by atoms with Crippen molar-refractivity contribution in [3.63, 3.8) is 0 Å². The maximum atomic E-state index is 12.6. The molecule has 0 N–H and O–H groups in total. The molecule has 3 aromatic rings. The minimum Gasteiger partial charge on any atom is -0.336 e. The molecule has 3 aromatic heterocycles. The molecule has 0 radical (unpaired) electrons. The largest absolute Gasteiger partial charge is 0.336 e. The topological polar surface area (TPSA) is 46.1 Å². The van der Waals surface area contributed by atoms with Crippen molar-refractivity contribution in [2.75, 3.05) is 7.05 Å². The fraction of sp³-hybridized carbons (Fsp3) is 0.235. The lowest BCUT2D eigenvalue weighted by atomic mass is 10.1. The quantitative estimate of drug-likeness (QED) is 0.715. The number of aromatic nitrogens is 2. The minimum atomic E-state index is -0.0301. The number of amides is 1. The van der Waals surface area contributed by atoms with Gasteiger partial charge in [0.2, 0.25) is 0 Å². The summed E-state index contributed by atoms with van der Waals surface area (Å²) in [6, 6.07) is 5.80. The van der Waals surface area contributed by atoms with Crippen molar-refractivity contribution >= 4 is 28.6 Å². The predicted octanol–water partition coefficient (Wildman–Crippen LogP) is 4.16. The first kappa shape index (κ1) is 15.8. The fourth-order valence-corrected chi connectivity index (χ4v) is 3.61. The molecule has 0 aromatic carbocycles. The average molecular weight is 343 g/mol. The third kappa shape index (κ3) is 3.48. The summed E-state index contributed by atoms with van der Waals surface area (Å²) in [5, 5.41) is 7.08. The molecule has 0 aliphatic rings. The fourth-order valence-electron chi connectivity index (χ4n) is 2.36. The summed E-state index contributed by atoms with van der Waals surface area (Å²) >= 11 is 3.23. The zero-order chi connectivity index (χ0) is 16.4. The van der Waals surface area contributed by atoms with E-state index < -0.39 is 0 Å². The maximum Gasteiger partial charge on any atom is 0.255 e. The van der Waals surface area contributed by atoms with E-state index >= 15 is 0 Å². The van der Waals surface area contributed by atoms with Gasteiger partial charge in [-0.2, -0.15) is 11.3 Å². The van der Waals surface area contributed by atoms with E-state index in [-0.39, 0.29) is 5.91 Å². The maximum absolute atomic E-state index is 12.6. The SMILES string of the molecule is Cc1nc(CN(C)C(=O)c2ccc(-c3ccsc3)nc2C)cs1. The van der Waals surface area contributed by atoms with Crippen molar-refractivity contribution in [1.82, 2.24) is 14.9 Å². The zero-order valence-electron chi connectivity index (χ0n) is 13.2. The first-order valence-corrected chi connectivity index (χ1v) is 9.03.